The number of carbonyl (C=O) groups excluding carboxylic acids is 1. The van der Waals surface area contributed by atoms with Crippen LogP contribution in [0.2, 0.25) is 0 Å². The molecule has 1 aromatic rings. The number of carbonyl (C=O) groups is 1. The summed E-state index contributed by atoms with van der Waals surface area (Å²) >= 11 is 0. The fraction of sp³-hybridized carbons (Fsp3) is 0.545. The van der Waals surface area contributed by atoms with Gasteiger partial charge in [0, 0.05) is 26.2 Å². The predicted octanol–water partition coefficient (Wildman–Crippen LogP) is -0.359. The quantitative estimate of drug-likeness (QED) is 0.669. The summed E-state index contributed by atoms with van der Waals surface area (Å²) < 4.78 is 6.53. The average molecular weight is 237 g/mol. The summed E-state index contributed by atoms with van der Waals surface area (Å²) in [6.45, 7) is 3.59. The molecule has 1 amide bonds. The van der Waals surface area contributed by atoms with E-state index in [-0.39, 0.29) is 17.6 Å². The molecule has 92 valence electrons. The molecule has 0 spiro atoms. The molecule has 0 N–H and O–H groups in total. The molecule has 1 unspecified atom stereocenters. The summed E-state index contributed by atoms with van der Waals surface area (Å²) in [5, 5.41) is 3.95. The number of amides is 1. The van der Waals surface area contributed by atoms with E-state index in [0.717, 1.165) is 4.68 Å². The van der Waals surface area contributed by atoms with Crippen molar-refractivity contribution in [1.29, 1.82) is 0 Å². The Labute approximate surface area is 98.8 Å². The number of nitrogens with zero attached hydrogens (tertiary/aromatic N) is 3. The number of rotatable bonds is 1. The van der Waals surface area contributed by atoms with Gasteiger partial charge in [-0.2, -0.15) is 5.10 Å². The second-order valence-electron chi connectivity index (χ2n) is 4.11. The third kappa shape index (κ3) is 2.52. The lowest BCUT2D eigenvalue weighted by Crippen LogP contribution is -2.45. The Hall–Kier alpha value is -1.69. The first kappa shape index (κ1) is 11.8. The molecule has 17 heavy (non-hydrogen) atoms. The molecule has 1 fully saturated rings. The van der Waals surface area contributed by atoms with E-state index in [4.69, 9.17) is 4.74 Å². The largest absolute Gasteiger partial charge is 0.375 e. The highest BCUT2D eigenvalue weighted by Crippen LogP contribution is 2.07. The first-order chi connectivity index (χ1) is 8.08. The Morgan fingerprint density at radius 3 is 2.94 bits per heavy atom. The SMILES string of the molecule is CC1CN(C(=O)c2ccc(=O)n(C)n2)CCO1. The van der Waals surface area contributed by atoms with E-state index < -0.39 is 0 Å². The highest BCUT2D eigenvalue weighted by atomic mass is 16.5. The van der Waals surface area contributed by atoms with Gasteiger partial charge >= 0.3 is 0 Å². The minimum Gasteiger partial charge on any atom is -0.375 e. The number of hydrogen-bond donors (Lipinski definition) is 0. The summed E-state index contributed by atoms with van der Waals surface area (Å²) in [7, 11) is 1.53. The maximum absolute atomic E-state index is 12.1. The van der Waals surface area contributed by atoms with Gasteiger partial charge in [-0.15, -0.1) is 0 Å². The smallest absolute Gasteiger partial charge is 0.274 e. The number of aryl methyl sites for hydroxylation is 1. The van der Waals surface area contributed by atoms with Gasteiger partial charge in [-0.3, -0.25) is 9.59 Å². The van der Waals surface area contributed by atoms with Crippen molar-refractivity contribution in [2.45, 2.75) is 13.0 Å². The van der Waals surface area contributed by atoms with E-state index >= 15 is 0 Å². The fourth-order valence-electron chi connectivity index (χ4n) is 1.78. The van der Waals surface area contributed by atoms with Gasteiger partial charge in [-0.25, -0.2) is 4.68 Å². The van der Waals surface area contributed by atoms with Crippen LogP contribution in [0.5, 0.6) is 0 Å². The maximum atomic E-state index is 12.1. The lowest BCUT2D eigenvalue weighted by atomic mass is 10.2. The molecule has 0 aliphatic carbocycles. The first-order valence-electron chi connectivity index (χ1n) is 5.53. The summed E-state index contributed by atoms with van der Waals surface area (Å²) in [5.41, 5.74) is 0.0677. The first-order valence-corrected chi connectivity index (χ1v) is 5.53. The van der Waals surface area contributed by atoms with Gasteiger partial charge in [0.25, 0.3) is 11.5 Å². The van der Waals surface area contributed by atoms with E-state index in [1.54, 1.807) is 4.90 Å². The normalized spacial score (nSPS) is 20.4. The summed E-state index contributed by atoms with van der Waals surface area (Å²) in [6, 6.07) is 2.81. The van der Waals surface area contributed by atoms with Crippen molar-refractivity contribution >= 4 is 5.91 Å². The Balaban J connectivity index is 2.18. The van der Waals surface area contributed by atoms with Gasteiger partial charge in [0.05, 0.1) is 12.7 Å². The molecule has 0 aromatic carbocycles. The highest BCUT2D eigenvalue weighted by Gasteiger charge is 2.23. The summed E-state index contributed by atoms with van der Waals surface area (Å²) in [6.07, 6.45) is 0.0419. The molecule has 1 saturated heterocycles. The molecule has 6 nitrogen and oxygen atoms in total. The van der Waals surface area contributed by atoms with Crippen LogP contribution in [0.15, 0.2) is 16.9 Å². The second kappa shape index (κ2) is 4.67. The van der Waals surface area contributed by atoms with E-state index in [1.165, 1.54) is 19.2 Å². The van der Waals surface area contributed by atoms with E-state index in [2.05, 4.69) is 5.10 Å². The predicted molar refractivity (Wildman–Crippen MR) is 60.8 cm³/mol. The molecule has 1 aliphatic rings. The number of ether oxygens (including phenoxy) is 1. The minimum absolute atomic E-state index is 0.0419. The van der Waals surface area contributed by atoms with Gasteiger partial charge in [-0.1, -0.05) is 0 Å². The molecule has 1 aliphatic heterocycles. The molecule has 1 atom stereocenters. The molecule has 2 heterocycles. The van der Waals surface area contributed by atoms with Crippen LogP contribution in [0.1, 0.15) is 17.4 Å². The third-order valence-electron chi connectivity index (χ3n) is 2.71. The number of hydrogen-bond acceptors (Lipinski definition) is 4. The molecule has 2 rings (SSSR count). The second-order valence-corrected chi connectivity index (χ2v) is 4.11. The Kier molecular flexibility index (Phi) is 3.23. The van der Waals surface area contributed by atoms with Gasteiger partial charge < -0.3 is 9.64 Å². The van der Waals surface area contributed by atoms with Crippen LogP contribution in [-0.2, 0) is 11.8 Å². The van der Waals surface area contributed by atoms with Gasteiger partial charge in [0.1, 0.15) is 5.69 Å². The van der Waals surface area contributed by atoms with Crippen LogP contribution in [0.25, 0.3) is 0 Å². The molecular weight excluding hydrogens is 222 g/mol. The van der Waals surface area contributed by atoms with Gasteiger partial charge in [-0.05, 0) is 13.0 Å². The van der Waals surface area contributed by atoms with Crippen LogP contribution in [0, 0.1) is 0 Å². The lowest BCUT2D eigenvalue weighted by molar-refractivity contribution is -0.0127. The van der Waals surface area contributed by atoms with Gasteiger partial charge in [0.2, 0.25) is 0 Å². The summed E-state index contributed by atoms with van der Waals surface area (Å²) in [4.78, 5) is 25.0. The summed E-state index contributed by atoms with van der Waals surface area (Å²) in [5.74, 6) is -0.157. The third-order valence-corrected chi connectivity index (χ3v) is 2.71. The highest BCUT2D eigenvalue weighted by molar-refractivity contribution is 5.92. The zero-order chi connectivity index (χ0) is 12.4. The maximum Gasteiger partial charge on any atom is 0.274 e. The molecular formula is C11H15N3O3. The van der Waals surface area contributed by atoms with Crippen molar-refractivity contribution < 1.29 is 9.53 Å². The van der Waals surface area contributed by atoms with Crippen molar-refractivity contribution in [3.05, 3.63) is 28.2 Å². The average Bonchev–Trinajstić information content (AvgIpc) is 2.32. The Morgan fingerprint density at radius 1 is 1.53 bits per heavy atom. The van der Waals surface area contributed by atoms with Crippen molar-refractivity contribution in [1.82, 2.24) is 14.7 Å². The van der Waals surface area contributed by atoms with Crippen LogP contribution < -0.4 is 5.56 Å². The van der Waals surface area contributed by atoms with E-state index in [9.17, 15) is 9.59 Å². The molecule has 0 bridgehead atoms. The minimum atomic E-state index is -0.225. The standard InChI is InChI=1S/C11H15N3O3/c1-8-7-14(5-6-17-8)11(16)9-3-4-10(15)13(2)12-9/h3-4,8H,5-7H2,1-2H3. The van der Waals surface area contributed by atoms with Crippen molar-refractivity contribution in [2.24, 2.45) is 7.05 Å². The van der Waals surface area contributed by atoms with Crippen LogP contribution in [0.3, 0.4) is 0 Å². The zero-order valence-electron chi connectivity index (χ0n) is 9.92. The van der Waals surface area contributed by atoms with Crippen molar-refractivity contribution in [2.75, 3.05) is 19.7 Å². The van der Waals surface area contributed by atoms with Crippen LogP contribution in [-0.4, -0.2) is 46.4 Å². The van der Waals surface area contributed by atoms with Gasteiger partial charge in [0.15, 0.2) is 0 Å². The molecule has 1 aromatic heterocycles. The van der Waals surface area contributed by atoms with Crippen molar-refractivity contribution in [3.8, 4) is 0 Å². The zero-order valence-corrected chi connectivity index (χ0v) is 9.92. The van der Waals surface area contributed by atoms with E-state index in [1.807, 2.05) is 6.92 Å². The lowest BCUT2D eigenvalue weighted by Gasteiger charge is -2.30. The number of morpholine rings is 1. The number of aromatic nitrogens is 2. The van der Waals surface area contributed by atoms with E-state index in [0.29, 0.717) is 25.4 Å². The van der Waals surface area contributed by atoms with Crippen LogP contribution >= 0.6 is 0 Å². The fourth-order valence-corrected chi connectivity index (χ4v) is 1.78. The monoisotopic (exact) mass is 237 g/mol. The molecule has 0 radical (unpaired) electrons. The van der Waals surface area contributed by atoms with Crippen molar-refractivity contribution in [3.63, 3.8) is 0 Å². The topological polar surface area (TPSA) is 64.4 Å². The Morgan fingerprint density at radius 2 is 2.29 bits per heavy atom. The van der Waals surface area contributed by atoms with Crippen LogP contribution in [0.4, 0.5) is 0 Å². The molecule has 6 heteroatoms. The molecule has 0 saturated carbocycles. The Bertz CT molecular complexity index is 483.